The summed E-state index contributed by atoms with van der Waals surface area (Å²) in [6, 6.07) is 0.583. The molecule has 0 radical (unpaired) electrons. The first-order valence-electron chi connectivity index (χ1n) is 4.07. The lowest BCUT2D eigenvalue weighted by atomic mass is 10.2. The number of hydrogen-bond acceptors (Lipinski definition) is 2. The highest BCUT2D eigenvalue weighted by Crippen LogP contribution is 2.03. The Morgan fingerprint density at radius 1 is 1.64 bits per heavy atom. The molecule has 0 saturated heterocycles. The van der Waals surface area contributed by atoms with Crippen molar-refractivity contribution in [3.05, 3.63) is 12.3 Å². The maximum atomic E-state index is 3.81. The number of hydrogen-bond donors (Lipinski definition) is 1. The highest BCUT2D eigenvalue weighted by Gasteiger charge is 1.98. The molecular formula is C9H19NS. The Labute approximate surface area is 74.6 Å². The predicted molar refractivity (Wildman–Crippen MR) is 55.0 cm³/mol. The average molecular weight is 173 g/mol. The van der Waals surface area contributed by atoms with E-state index in [1.165, 1.54) is 18.6 Å². The Hall–Kier alpha value is -0.110. The van der Waals surface area contributed by atoms with Crippen molar-refractivity contribution in [3.8, 4) is 0 Å². The largest absolute Gasteiger partial charge is 0.387 e. The molecular weight excluding hydrogens is 154 g/mol. The Balaban J connectivity index is 3.22. The molecule has 0 aliphatic rings. The molecule has 11 heavy (non-hydrogen) atoms. The van der Waals surface area contributed by atoms with Crippen molar-refractivity contribution >= 4 is 11.8 Å². The number of allylic oxidation sites excluding steroid dienone is 1. The van der Waals surface area contributed by atoms with E-state index in [-0.39, 0.29) is 0 Å². The van der Waals surface area contributed by atoms with Crippen molar-refractivity contribution in [1.29, 1.82) is 0 Å². The Bertz CT molecular complexity index is 112. The van der Waals surface area contributed by atoms with Crippen LogP contribution in [0, 0.1) is 0 Å². The molecule has 1 unspecified atom stereocenters. The fourth-order valence-electron chi connectivity index (χ4n) is 1.03. The zero-order chi connectivity index (χ0) is 8.69. The monoisotopic (exact) mass is 173 g/mol. The van der Waals surface area contributed by atoms with Gasteiger partial charge in [-0.15, -0.1) is 0 Å². The minimum atomic E-state index is 0.583. The predicted octanol–water partition coefficient (Wildman–Crippen LogP) is 2.64. The second-order valence-corrected chi connectivity index (χ2v) is 3.95. The van der Waals surface area contributed by atoms with Crippen LogP contribution < -0.4 is 5.32 Å². The van der Waals surface area contributed by atoms with E-state index in [1.807, 2.05) is 18.7 Å². The van der Waals surface area contributed by atoms with Gasteiger partial charge < -0.3 is 5.32 Å². The third kappa shape index (κ3) is 7.79. The normalized spacial score (nSPS) is 12.6. The van der Waals surface area contributed by atoms with Gasteiger partial charge in [0.15, 0.2) is 0 Å². The second-order valence-electron chi connectivity index (χ2n) is 2.96. The van der Waals surface area contributed by atoms with Crippen LogP contribution in [-0.4, -0.2) is 18.1 Å². The smallest absolute Gasteiger partial charge is 0.0230 e. The lowest BCUT2D eigenvalue weighted by Crippen LogP contribution is -2.23. The maximum Gasteiger partial charge on any atom is 0.0230 e. The molecule has 1 atom stereocenters. The molecule has 0 bridgehead atoms. The van der Waals surface area contributed by atoms with E-state index in [1.54, 1.807) is 0 Å². The molecule has 0 aliphatic carbocycles. The molecule has 1 N–H and O–H groups in total. The molecule has 0 aromatic carbocycles. The minimum Gasteiger partial charge on any atom is -0.387 e. The van der Waals surface area contributed by atoms with Crippen LogP contribution in [0.3, 0.4) is 0 Å². The van der Waals surface area contributed by atoms with Gasteiger partial charge >= 0.3 is 0 Å². The first-order valence-corrected chi connectivity index (χ1v) is 5.47. The summed E-state index contributed by atoms with van der Waals surface area (Å²) in [5.41, 5.74) is 1.07. The van der Waals surface area contributed by atoms with Crippen LogP contribution in [0.25, 0.3) is 0 Å². The van der Waals surface area contributed by atoms with Crippen molar-refractivity contribution in [2.45, 2.75) is 32.7 Å². The molecule has 0 fully saturated rings. The average Bonchev–Trinajstić information content (AvgIpc) is 1.86. The van der Waals surface area contributed by atoms with E-state index in [2.05, 4.69) is 25.1 Å². The quantitative estimate of drug-likeness (QED) is 0.620. The molecule has 0 aliphatic heterocycles. The van der Waals surface area contributed by atoms with E-state index in [0.29, 0.717) is 6.04 Å². The Kier molecular flexibility index (Phi) is 6.52. The van der Waals surface area contributed by atoms with Gasteiger partial charge in [-0.05, 0) is 38.7 Å². The molecule has 0 spiro atoms. The number of nitrogens with one attached hydrogen (secondary N) is 1. The molecule has 1 nitrogen and oxygen atoms in total. The molecule has 2 heteroatoms. The maximum absolute atomic E-state index is 3.81. The SMILES string of the molecule is C=C(C)NC(C)CCCSC. The highest BCUT2D eigenvalue weighted by molar-refractivity contribution is 7.98. The topological polar surface area (TPSA) is 12.0 Å². The fourth-order valence-corrected chi connectivity index (χ4v) is 1.48. The zero-order valence-corrected chi connectivity index (χ0v) is 8.63. The summed E-state index contributed by atoms with van der Waals surface area (Å²) in [7, 11) is 0. The summed E-state index contributed by atoms with van der Waals surface area (Å²) in [4.78, 5) is 0. The van der Waals surface area contributed by atoms with Gasteiger partial charge in [-0.3, -0.25) is 0 Å². The first-order chi connectivity index (χ1) is 5.16. The lowest BCUT2D eigenvalue weighted by molar-refractivity contribution is 0.563. The standard InChI is InChI=1S/C9H19NS/c1-8(2)10-9(3)6-5-7-11-4/h9-10H,1,5-7H2,2-4H3. The zero-order valence-electron chi connectivity index (χ0n) is 7.81. The molecule has 0 heterocycles. The van der Waals surface area contributed by atoms with Crippen molar-refractivity contribution in [2.24, 2.45) is 0 Å². The minimum absolute atomic E-state index is 0.583. The highest BCUT2D eigenvalue weighted by atomic mass is 32.2. The fraction of sp³-hybridized carbons (Fsp3) is 0.778. The van der Waals surface area contributed by atoms with Gasteiger partial charge in [-0.2, -0.15) is 11.8 Å². The number of thioether (sulfide) groups is 1. The van der Waals surface area contributed by atoms with Gasteiger partial charge in [0.05, 0.1) is 0 Å². The third-order valence-corrected chi connectivity index (χ3v) is 2.18. The van der Waals surface area contributed by atoms with Gasteiger partial charge in [0.1, 0.15) is 0 Å². The molecule has 0 rings (SSSR count). The van der Waals surface area contributed by atoms with E-state index in [4.69, 9.17) is 0 Å². The molecule has 0 aromatic rings. The summed E-state index contributed by atoms with van der Waals surface area (Å²) >= 11 is 1.91. The van der Waals surface area contributed by atoms with Crippen LogP contribution >= 0.6 is 11.8 Å². The van der Waals surface area contributed by atoms with Crippen LogP contribution in [0.15, 0.2) is 12.3 Å². The Morgan fingerprint density at radius 3 is 2.73 bits per heavy atom. The van der Waals surface area contributed by atoms with Crippen LogP contribution in [0.5, 0.6) is 0 Å². The van der Waals surface area contributed by atoms with Gasteiger partial charge in [-0.25, -0.2) is 0 Å². The molecule has 66 valence electrons. The van der Waals surface area contributed by atoms with Crippen molar-refractivity contribution in [1.82, 2.24) is 5.32 Å². The van der Waals surface area contributed by atoms with Gasteiger partial charge in [0, 0.05) is 11.7 Å². The van der Waals surface area contributed by atoms with E-state index in [9.17, 15) is 0 Å². The van der Waals surface area contributed by atoms with Crippen molar-refractivity contribution in [2.75, 3.05) is 12.0 Å². The van der Waals surface area contributed by atoms with Crippen LogP contribution in [0.1, 0.15) is 26.7 Å². The van der Waals surface area contributed by atoms with Gasteiger partial charge in [0.25, 0.3) is 0 Å². The lowest BCUT2D eigenvalue weighted by Gasteiger charge is -2.13. The second kappa shape index (κ2) is 6.59. The summed E-state index contributed by atoms with van der Waals surface area (Å²) in [5.74, 6) is 1.27. The van der Waals surface area contributed by atoms with Crippen molar-refractivity contribution < 1.29 is 0 Å². The van der Waals surface area contributed by atoms with E-state index >= 15 is 0 Å². The van der Waals surface area contributed by atoms with E-state index in [0.717, 1.165) is 5.70 Å². The third-order valence-electron chi connectivity index (χ3n) is 1.48. The van der Waals surface area contributed by atoms with Gasteiger partial charge in [-0.1, -0.05) is 6.58 Å². The van der Waals surface area contributed by atoms with Gasteiger partial charge in [0.2, 0.25) is 0 Å². The summed E-state index contributed by atoms with van der Waals surface area (Å²) < 4.78 is 0. The Morgan fingerprint density at radius 2 is 2.27 bits per heavy atom. The molecule has 0 amide bonds. The van der Waals surface area contributed by atoms with Crippen molar-refractivity contribution in [3.63, 3.8) is 0 Å². The first kappa shape index (κ1) is 10.9. The van der Waals surface area contributed by atoms with Crippen LogP contribution in [-0.2, 0) is 0 Å². The number of rotatable bonds is 6. The molecule has 0 saturated carbocycles. The summed E-state index contributed by atoms with van der Waals surface area (Å²) in [6.45, 7) is 8.02. The summed E-state index contributed by atoms with van der Waals surface area (Å²) in [6.07, 6.45) is 4.69. The van der Waals surface area contributed by atoms with E-state index < -0.39 is 0 Å². The summed E-state index contributed by atoms with van der Waals surface area (Å²) in [5, 5.41) is 3.30. The molecule has 0 aromatic heterocycles. The van der Waals surface area contributed by atoms with Crippen LogP contribution in [0.4, 0.5) is 0 Å². The van der Waals surface area contributed by atoms with Crippen LogP contribution in [0.2, 0.25) is 0 Å².